The van der Waals surface area contributed by atoms with Gasteiger partial charge in [-0.2, -0.15) is 11.3 Å². The molecule has 21 heavy (non-hydrogen) atoms. The van der Waals surface area contributed by atoms with Gasteiger partial charge in [-0.1, -0.05) is 0 Å². The van der Waals surface area contributed by atoms with Crippen LogP contribution in [0.1, 0.15) is 18.4 Å². The van der Waals surface area contributed by atoms with Gasteiger partial charge in [0, 0.05) is 19.1 Å². The third kappa shape index (κ3) is 2.92. The molecule has 2 fully saturated rings. The van der Waals surface area contributed by atoms with Crippen LogP contribution in [0.2, 0.25) is 0 Å². The molecule has 1 aromatic heterocycles. The molecule has 0 atom stereocenters. The molecule has 7 heteroatoms. The van der Waals surface area contributed by atoms with E-state index in [1.54, 1.807) is 16.2 Å². The smallest absolute Gasteiger partial charge is 0.417 e. The molecule has 3 heterocycles. The molecule has 0 saturated carbocycles. The number of amides is 3. The topological polar surface area (TPSA) is 66.9 Å². The molecule has 0 radical (unpaired) electrons. The van der Waals surface area contributed by atoms with Crippen LogP contribution in [-0.4, -0.2) is 53.4 Å². The van der Waals surface area contributed by atoms with E-state index in [-0.39, 0.29) is 24.5 Å². The molecule has 112 valence electrons. The summed E-state index contributed by atoms with van der Waals surface area (Å²) in [5.41, 5.74) is 1.03. The molecule has 2 saturated heterocycles. The molecule has 0 bridgehead atoms. The second kappa shape index (κ2) is 5.85. The Morgan fingerprint density at radius 1 is 1.33 bits per heavy atom. The Morgan fingerprint density at radius 2 is 2.10 bits per heavy atom. The standard InChI is InChI=1S/C14H16N2O4S/c17-12(7-10-3-6-21-9-10)15-4-1-11(2-5-15)16-13(18)8-20-14(16)19/h3,6,9,11H,1-2,4-5,7-8H2. The molecule has 3 amide bonds. The summed E-state index contributed by atoms with van der Waals surface area (Å²) < 4.78 is 4.73. The molecule has 2 aliphatic heterocycles. The maximum atomic E-state index is 12.2. The van der Waals surface area contributed by atoms with Crippen LogP contribution in [-0.2, 0) is 20.7 Å². The summed E-state index contributed by atoms with van der Waals surface area (Å²) >= 11 is 1.58. The molecular weight excluding hydrogens is 292 g/mol. The van der Waals surface area contributed by atoms with E-state index in [4.69, 9.17) is 4.74 Å². The monoisotopic (exact) mass is 308 g/mol. The first-order chi connectivity index (χ1) is 10.1. The molecule has 0 aliphatic carbocycles. The molecule has 0 N–H and O–H groups in total. The van der Waals surface area contributed by atoms with Gasteiger partial charge in [-0.05, 0) is 35.2 Å². The van der Waals surface area contributed by atoms with Crippen LogP contribution in [0.4, 0.5) is 4.79 Å². The van der Waals surface area contributed by atoms with Gasteiger partial charge in [0.25, 0.3) is 5.91 Å². The molecule has 0 unspecified atom stereocenters. The molecule has 3 rings (SSSR count). The van der Waals surface area contributed by atoms with Gasteiger partial charge in [0.1, 0.15) is 0 Å². The summed E-state index contributed by atoms with van der Waals surface area (Å²) in [6, 6.07) is 1.81. The lowest BCUT2D eigenvalue weighted by molar-refractivity contribution is -0.132. The van der Waals surface area contributed by atoms with Crippen molar-refractivity contribution in [3.05, 3.63) is 22.4 Å². The number of cyclic esters (lactones) is 1. The van der Waals surface area contributed by atoms with E-state index in [1.165, 1.54) is 4.90 Å². The fraction of sp³-hybridized carbons (Fsp3) is 0.500. The predicted octanol–water partition coefficient (Wildman–Crippen LogP) is 1.26. The van der Waals surface area contributed by atoms with Gasteiger partial charge in [-0.25, -0.2) is 9.69 Å². The van der Waals surface area contributed by atoms with Crippen molar-refractivity contribution in [3.63, 3.8) is 0 Å². The minimum absolute atomic E-state index is 0.0992. The lowest BCUT2D eigenvalue weighted by atomic mass is 10.0. The van der Waals surface area contributed by atoms with E-state index < -0.39 is 6.09 Å². The minimum atomic E-state index is -0.553. The Bertz CT molecular complexity index is 533. The second-order valence-corrected chi connectivity index (χ2v) is 6.02. The van der Waals surface area contributed by atoms with Gasteiger partial charge in [0.15, 0.2) is 6.61 Å². The van der Waals surface area contributed by atoms with Crippen molar-refractivity contribution >= 4 is 29.2 Å². The fourth-order valence-electron chi connectivity index (χ4n) is 2.77. The summed E-state index contributed by atoms with van der Waals surface area (Å²) in [6.07, 6.45) is 1.11. The number of rotatable bonds is 3. The van der Waals surface area contributed by atoms with Crippen molar-refractivity contribution < 1.29 is 19.1 Å². The van der Waals surface area contributed by atoms with Gasteiger partial charge in [-0.3, -0.25) is 9.59 Å². The first kappa shape index (κ1) is 14.1. The minimum Gasteiger partial charge on any atom is -0.439 e. The number of hydrogen-bond donors (Lipinski definition) is 0. The van der Waals surface area contributed by atoms with E-state index in [2.05, 4.69) is 0 Å². The summed E-state index contributed by atoms with van der Waals surface area (Å²) in [6.45, 7) is 0.992. The van der Waals surface area contributed by atoms with Crippen LogP contribution < -0.4 is 0 Å². The maximum absolute atomic E-state index is 12.2. The van der Waals surface area contributed by atoms with Gasteiger partial charge in [0.2, 0.25) is 5.91 Å². The highest BCUT2D eigenvalue weighted by Crippen LogP contribution is 2.21. The van der Waals surface area contributed by atoms with Gasteiger partial charge in [-0.15, -0.1) is 0 Å². The quantitative estimate of drug-likeness (QED) is 0.843. The zero-order chi connectivity index (χ0) is 14.8. The van der Waals surface area contributed by atoms with E-state index in [0.29, 0.717) is 32.4 Å². The number of nitrogens with zero attached hydrogens (tertiary/aromatic N) is 2. The number of carbonyl (C=O) groups is 3. The number of thiophene rings is 1. The zero-order valence-electron chi connectivity index (χ0n) is 11.5. The maximum Gasteiger partial charge on any atom is 0.417 e. The highest BCUT2D eigenvalue weighted by molar-refractivity contribution is 7.08. The van der Waals surface area contributed by atoms with Gasteiger partial charge in [0.05, 0.1) is 6.42 Å². The predicted molar refractivity (Wildman–Crippen MR) is 75.8 cm³/mol. The Kier molecular flexibility index (Phi) is 3.92. The summed E-state index contributed by atoms with van der Waals surface area (Å²) in [5.74, 6) is -0.176. The highest BCUT2D eigenvalue weighted by atomic mass is 32.1. The Labute approximate surface area is 126 Å². The van der Waals surface area contributed by atoms with Gasteiger partial charge < -0.3 is 9.64 Å². The zero-order valence-corrected chi connectivity index (χ0v) is 12.3. The van der Waals surface area contributed by atoms with Crippen molar-refractivity contribution in [1.29, 1.82) is 0 Å². The third-order valence-electron chi connectivity index (χ3n) is 3.90. The molecule has 0 spiro atoms. The van der Waals surface area contributed by atoms with E-state index in [1.807, 2.05) is 16.8 Å². The Hall–Kier alpha value is -1.89. The molecule has 6 nitrogen and oxygen atoms in total. The SMILES string of the molecule is O=C(Cc1ccsc1)N1CCC(N2C(=O)COC2=O)CC1. The molecule has 2 aliphatic rings. The number of piperidine rings is 1. The van der Waals surface area contributed by atoms with Crippen molar-refractivity contribution in [2.45, 2.75) is 25.3 Å². The Morgan fingerprint density at radius 3 is 2.67 bits per heavy atom. The van der Waals surface area contributed by atoms with E-state index in [0.717, 1.165) is 5.56 Å². The van der Waals surface area contributed by atoms with Crippen LogP contribution in [0.15, 0.2) is 16.8 Å². The molecular formula is C14H16N2O4S. The van der Waals surface area contributed by atoms with Crippen molar-refractivity contribution in [2.75, 3.05) is 19.7 Å². The van der Waals surface area contributed by atoms with E-state index >= 15 is 0 Å². The lowest BCUT2D eigenvalue weighted by Crippen LogP contribution is -2.48. The summed E-state index contributed by atoms with van der Waals surface area (Å²) in [4.78, 5) is 38.3. The number of ether oxygens (including phenoxy) is 1. The normalized spacial score (nSPS) is 20.0. The molecule has 0 aromatic carbocycles. The Balaban J connectivity index is 1.54. The van der Waals surface area contributed by atoms with Crippen molar-refractivity contribution in [1.82, 2.24) is 9.80 Å². The third-order valence-corrected chi connectivity index (χ3v) is 4.63. The van der Waals surface area contributed by atoms with Crippen molar-refractivity contribution in [3.8, 4) is 0 Å². The first-order valence-electron chi connectivity index (χ1n) is 6.93. The lowest BCUT2D eigenvalue weighted by Gasteiger charge is -2.34. The number of carbonyl (C=O) groups excluding carboxylic acids is 3. The first-order valence-corrected chi connectivity index (χ1v) is 7.87. The van der Waals surface area contributed by atoms with E-state index in [9.17, 15) is 14.4 Å². The van der Waals surface area contributed by atoms with Crippen LogP contribution >= 0.6 is 11.3 Å². The second-order valence-electron chi connectivity index (χ2n) is 5.24. The van der Waals surface area contributed by atoms with Gasteiger partial charge >= 0.3 is 6.09 Å². The number of hydrogen-bond acceptors (Lipinski definition) is 5. The fourth-order valence-corrected chi connectivity index (χ4v) is 3.44. The largest absolute Gasteiger partial charge is 0.439 e. The average molecular weight is 308 g/mol. The van der Waals surface area contributed by atoms with Crippen LogP contribution in [0, 0.1) is 0 Å². The summed E-state index contributed by atoms with van der Waals surface area (Å²) in [7, 11) is 0. The van der Waals surface area contributed by atoms with Crippen LogP contribution in [0.5, 0.6) is 0 Å². The number of imide groups is 1. The van der Waals surface area contributed by atoms with Crippen molar-refractivity contribution in [2.24, 2.45) is 0 Å². The van der Waals surface area contributed by atoms with Crippen LogP contribution in [0.3, 0.4) is 0 Å². The van der Waals surface area contributed by atoms with Crippen LogP contribution in [0.25, 0.3) is 0 Å². The highest BCUT2D eigenvalue weighted by Gasteiger charge is 2.38. The molecule has 1 aromatic rings. The average Bonchev–Trinajstić information content (AvgIpc) is 3.09. The number of likely N-dealkylation sites (tertiary alicyclic amines) is 1. The summed E-state index contributed by atoms with van der Waals surface area (Å²) in [5, 5.41) is 3.93.